The molecule has 0 aliphatic heterocycles. The van der Waals surface area contributed by atoms with Crippen LogP contribution in [-0.4, -0.2) is 33.3 Å². The van der Waals surface area contributed by atoms with E-state index in [4.69, 9.17) is 4.74 Å². The van der Waals surface area contributed by atoms with Gasteiger partial charge >= 0.3 is 0 Å². The number of aliphatic hydroxyl groups excluding tert-OH is 2. The lowest BCUT2D eigenvalue weighted by atomic mass is 9.89. The van der Waals surface area contributed by atoms with Crippen molar-refractivity contribution in [1.82, 2.24) is 0 Å². The Kier molecular flexibility index (Phi) is 6.59. The molecule has 1 aliphatic rings. The van der Waals surface area contributed by atoms with E-state index in [9.17, 15) is 25.2 Å². The topological polar surface area (TPSA) is 107 Å². The fraction of sp³-hybridized carbons (Fsp3) is 0.208. The predicted octanol–water partition coefficient (Wildman–Crippen LogP) is 4.26. The van der Waals surface area contributed by atoms with E-state index in [-0.39, 0.29) is 29.6 Å². The van der Waals surface area contributed by atoms with Gasteiger partial charge in [-0.3, -0.25) is 4.79 Å². The van der Waals surface area contributed by atoms with Crippen molar-refractivity contribution in [3.63, 3.8) is 0 Å². The lowest BCUT2D eigenvalue weighted by molar-refractivity contribution is -0.111. The normalized spacial score (nSPS) is 15.7. The molecule has 0 atom stereocenters. The molecule has 30 heavy (non-hydrogen) atoms. The molecule has 3 rings (SSSR count). The molecule has 0 aromatic heterocycles. The van der Waals surface area contributed by atoms with E-state index in [1.54, 1.807) is 36.4 Å². The number of methoxy groups -OCH3 is 1. The van der Waals surface area contributed by atoms with Crippen LogP contribution in [0.1, 0.15) is 36.0 Å². The maximum absolute atomic E-state index is 12.7. The molecule has 0 radical (unpaired) electrons. The Morgan fingerprint density at radius 1 is 1.03 bits per heavy atom. The van der Waals surface area contributed by atoms with Gasteiger partial charge in [0.25, 0.3) is 0 Å². The first-order valence-electron chi connectivity index (χ1n) is 9.58. The summed E-state index contributed by atoms with van der Waals surface area (Å²) in [6.07, 6.45) is 6.58. The van der Waals surface area contributed by atoms with Crippen molar-refractivity contribution in [3.8, 4) is 17.2 Å². The molecule has 0 bridgehead atoms. The fourth-order valence-electron chi connectivity index (χ4n) is 3.36. The SMILES string of the molecule is COc1cc(/C=C/C(=O)C2=C(O)/C(=C/c3ccc(O)c(CO)c3)CCC2)ccc1O. The van der Waals surface area contributed by atoms with Crippen molar-refractivity contribution in [2.24, 2.45) is 0 Å². The Labute approximate surface area is 174 Å². The molecule has 0 saturated heterocycles. The number of aliphatic hydroxyl groups is 2. The summed E-state index contributed by atoms with van der Waals surface area (Å²) in [7, 11) is 1.45. The van der Waals surface area contributed by atoms with Crippen LogP contribution in [0.25, 0.3) is 12.2 Å². The van der Waals surface area contributed by atoms with E-state index in [1.165, 1.54) is 25.3 Å². The van der Waals surface area contributed by atoms with Crippen molar-refractivity contribution < 1.29 is 30.0 Å². The molecule has 2 aromatic carbocycles. The quantitative estimate of drug-likeness (QED) is 0.532. The number of ether oxygens (including phenoxy) is 1. The zero-order chi connectivity index (χ0) is 21.7. The van der Waals surface area contributed by atoms with E-state index in [0.29, 0.717) is 40.9 Å². The third-order valence-corrected chi connectivity index (χ3v) is 5.01. The molecule has 4 N–H and O–H groups in total. The third-order valence-electron chi connectivity index (χ3n) is 5.01. The van der Waals surface area contributed by atoms with Crippen LogP contribution in [0.15, 0.2) is 59.4 Å². The monoisotopic (exact) mass is 408 g/mol. The van der Waals surface area contributed by atoms with Crippen molar-refractivity contribution in [2.45, 2.75) is 25.9 Å². The van der Waals surface area contributed by atoms with Crippen molar-refractivity contribution in [2.75, 3.05) is 7.11 Å². The number of ketones is 1. The highest BCUT2D eigenvalue weighted by Crippen LogP contribution is 2.32. The summed E-state index contributed by atoms with van der Waals surface area (Å²) in [5.74, 6) is 0.0206. The van der Waals surface area contributed by atoms with E-state index < -0.39 is 0 Å². The summed E-state index contributed by atoms with van der Waals surface area (Å²) in [5, 5.41) is 39.3. The summed E-state index contributed by atoms with van der Waals surface area (Å²) in [5.41, 5.74) is 2.78. The van der Waals surface area contributed by atoms with Gasteiger partial charge in [0.1, 0.15) is 11.5 Å². The number of phenolic OH excluding ortho intramolecular Hbond substituents is 1. The average Bonchev–Trinajstić information content (AvgIpc) is 2.75. The average molecular weight is 408 g/mol. The zero-order valence-electron chi connectivity index (χ0n) is 16.6. The molecule has 0 amide bonds. The number of hydrogen-bond donors (Lipinski definition) is 4. The maximum Gasteiger partial charge on any atom is 0.185 e. The van der Waals surface area contributed by atoms with Crippen LogP contribution in [0.5, 0.6) is 17.2 Å². The van der Waals surface area contributed by atoms with Crippen molar-refractivity contribution in [1.29, 1.82) is 0 Å². The smallest absolute Gasteiger partial charge is 0.185 e. The largest absolute Gasteiger partial charge is 0.508 e. The van der Waals surface area contributed by atoms with Crippen LogP contribution in [0.2, 0.25) is 0 Å². The molecule has 0 saturated carbocycles. The van der Waals surface area contributed by atoms with Crippen LogP contribution in [0, 0.1) is 0 Å². The van der Waals surface area contributed by atoms with Crippen molar-refractivity contribution >= 4 is 17.9 Å². The summed E-state index contributed by atoms with van der Waals surface area (Å²) in [6.45, 7) is -0.290. The number of allylic oxidation sites excluding steroid dienone is 3. The first kappa shape index (κ1) is 21.2. The Bertz CT molecular complexity index is 1050. The number of hydrogen-bond acceptors (Lipinski definition) is 6. The van der Waals surface area contributed by atoms with E-state index in [2.05, 4.69) is 0 Å². The van der Waals surface area contributed by atoms with Gasteiger partial charge in [0, 0.05) is 11.1 Å². The molecule has 6 nitrogen and oxygen atoms in total. The number of carbonyl (C=O) groups is 1. The number of rotatable bonds is 6. The minimum atomic E-state index is -0.290. The van der Waals surface area contributed by atoms with Gasteiger partial charge in [-0.25, -0.2) is 0 Å². The second-order valence-corrected chi connectivity index (χ2v) is 7.03. The van der Waals surface area contributed by atoms with Crippen LogP contribution < -0.4 is 4.74 Å². The Morgan fingerprint density at radius 3 is 2.50 bits per heavy atom. The molecular weight excluding hydrogens is 384 g/mol. The second kappa shape index (κ2) is 9.33. The van der Waals surface area contributed by atoms with Gasteiger partial charge in [-0.05, 0) is 72.4 Å². The third kappa shape index (κ3) is 4.72. The Morgan fingerprint density at radius 2 is 1.77 bits per heavy atom. The minimum absolute atomic E-state index is 0.00919. The molecule has 0 spiro atoms. The summed E-state index contributed by atoms with van der Waals surface area (Å²) in [4.78, 5) is 12.7. The Balaban J connectivity index is 1.85. The molecule has 0 fully saturated rings. The number of benzene rings is 2. The predicted molar refractivity (Wildman–Crippen MR) is 114 cm³/mol. The molecule has 1 aliphatic carbocycles. The summed E-state index contributed by atoms with van der Waals surface area (Å²) < 4.78 is 5.06. The highest BCUT2D eigenvalue weighted by molar-refractivity contribution is 6.07. The van der Waals surface area contributed by atoms with E-state index in [0.717, 1.165) is 12.0 Å². The first-order valence-corrected chi connectivity index (χ1v) is 9.58. The van der Waals surface area contributed by atoms with E-state index in [1.807, 2.05) is 0 Å². The van der Waals surface area contributed by atoms with Gasteiger partial charge in [-0.2, -0.15) is 0 Å². The highest BCUT2D eigenvalue weighted by Gasteiger charge is 2.21. The highest BCUT2D eigenvalue weighted by atomic mass is 16.5. The summed E-state index contributed by atoms with van der Waals surface area (Å²) in [6, 6.07) is 9.57. The molecule has 156 valence electrons. The van der Waals surface area contributed by atoms with Gasteiger partial charge in [-0.1, -0.05) is 18.2 Å². The van der Waals surface area contributed by atoms with Crippen LogP contribution in [0.4, 0.5) is 0 Å². The zero-order valence-corrected chi connectivity index (χ0v) is 16.6. The van der Waals surface area contributed by atoms with Gasteiger partial charge in [0.2, 0.25) is 0 Å². The lowest BCUT2D eigenvalue weighted by Crippen LogP contribution is -2.10. The molecule has 2 aromatic rings. The van der Waals surface area contributed by atoms with Gasteiger partial charge in [0.15, 0.2) is 17.3 Å². The number of carbonyl (C=O) groups excluding carboxylic acids is 1. The van der Waals surface area contributed by atoms with Gasteiger partial charge < -0.3 is 25.2 Å². The van der Waals surface area contributed by atoms with Gasteiger partial charge in [-0.15, -0.1) is 0 Å². The summed E-state index contributed by atoms with van der Waals surface area (Å²) >= 11 is 0. The standard InChI is InChI=1S/C24H24O6/c1-30-23-13-15(6-10-22(23)28)5-9-21(27)19-4-2-3-17(24(19)29)11-16-7-8-20(26)18(12-16)14-25/h5-13,25-26,28-29H,2-4,14H2,1H3/b9-5+,17-11+. The van der Waals surface area contributed by atoms with Crippen LogP contribution >= 0.6 is 0 Å². The van der Waals surface area contributed by atoms with E-state index >= 15 is 0 Å². The fourth-order valence-corrected chi connectivity index (χ4v) is 3.36. The number of aromatic hydroxyl groups is 2. The first-order chi connectivity index (χ1) is 14.4. The van der Waals surface area contributed by atoms with Crippen molar-refractivity contribution in [3.05, 3.63) is 76.1 Å². The van der Waals surface area contributed by atoms with Gasteiger partial charge in [0.05, 0.1) is 13.7 Å². The number of phenols is 2. The minimum Gasteiger partial charge on any atom is -0.508 e. The lowest BCUT2D eigenvalue weighted by Gasteiger charge is -2.17. The maximum atomic E-state index is 12.7. The molecular formula is C24H24O6. The molecule has 6 heteroatoms. The Hall–Kier alpha value is -3.51. The van der Waals surface area contributed by atoms with Crippen LogP contribution in [0.3, 0.4) is 0 Å². The molecule has 0 unspecified atom stereocenters. The molecule has 0 heterocycles. The second-order valence-electron chi connectivity index (χ2n) is 7.03. The van der Waals surface area contributed by atoms with Crippen LogP contribution in [-0.2, 0) is 11.4 Å².